The second kappa shape index (κ2) is 11.7. The summed E-state index contributed by atoms with van der Waals surface area (Å²) in [5.74, 6) is -0.0675. The summed E-state index contributed by atoms with van der Waals surface area (Å²) in [7, 11) is 1.58. The van der Waals surface area contributed by atoms with Gasteiger partial charge >= 0.3 is 0 Å². The molecule has 0 spiro atoms. The molecule has 0 saturated heterocycles. The van der Waals surface area contributed by atoms with Crippen LogP contribution in [0.1, 0.15) is 18.1 Å². The number of rotatable bonds is 10. The van der Waals surface area contributed by atoms with Crippen LogP contribution < -0.4 is 25.6 Å². The first kappa shape index (κ1) is 23.9. The maximum atomic E-state index is 12.3. The van der Waals surface area contributed by atoms with Gasteiger partial charge in [0, 0.05) is 11.4 Å². The Balaban J connectivity index is 1.77. The Labute approximate surface area is 183 Å². The molecule has 0 fully saturated rings. The van der Waals surface area contributed by atoms with Gasteiger partial charge in [0.2, 0.25) is 5.91 Å². The average molecular weight is 428 g/mol. The number of likely N-dealkylation sites (N-methyl/N-ethyl adjacent to an activating group) is 1. The number of hydrogen-bond acceptors (Lipinski definition) is 4. The van der Waals surface area contributed by atoms with Gasteiger partial charge in [0.15, 0.2) is 13.1 Å². The van der Waals surface area contributed by atoms with E-state index in [4.69, 9.17) is 4.74 Å². The number of nitrogens with one attached hydrogen (secondary N) is 4. The molecule has 31 heavy (non-hydrogen) atoms. The number of anilines is 2. The zero-order chi connectivity index (χ0) is 22.8. The quantitative estimate of drug-likeness (QED) is 0.453. The summed E-state index contributed by atoms with van der Waals surface area (Å²) in [4.78, 5) is 37.5. The maximum Gasteiger partial charge on any atom is 0.279 e. The molecule has 8 nitrogen and oxygen atoms in total. The molecule has 0 radical (unpaired) electrons. The van der Waals surface area contributed by atoms with E-state index in [-0.39, 0.29) is 37.4 Å². The van der Waals surface area contributed by atoms with E-state index >= 15 is 0 Å². The third-order valence-corrected chi connectivity index (χ3v) is 5.02. The molecule has 4 N–H and O–H groups in total. The van der Waals surface area contributed by atoms with Gasteiger partial charge in [0.05, 0.1) is 20.2 Å². The molecule has 0 aliphatic rings. The first-order valence-corrected chi connectivity index (χ1v) is 10.2. The van der Waals surface area contributed by atoms with Gasteiger partial charge in [-0.2, -0.15) is 0 Å². The molecule has 0 aliphatic heterocycles. The Morgan fingerprint density at radius 1 is 0.903 bits per heavy atom. The summed E-state index contributed by atoms with van der Waals surface area (Å²) in [6.45, 7) is 6.52. The monoisotopic (exact) mass is 427 g/mol. The molecule has 0 aromatic heterocycles. The largest absolute Gasteiger partial charge is 0.497 e. The number of hydrogen-bond donors (Lipinski definition) is 4. The molecule has 2 rings (SSSR count). The Morgan fingerprint density at radius 3 is 2.23 bits per heavy atom. The highest BCUT2D eigenvalue weighted by molar-refractivity contribution is 5.95. The van der Waals surface area contributed by atoms with Crippen molar-refractivity contribution >= 4 is 29.1 Å². The minimum absolute atomic E-state index is 0.100. The lowest BCUT2D eigenvalue weighted by atomic mass is 10.1. The topological polar surface area (TPSA) is 101 Å². The van der Waals surface area contributed by atoms with Crippen LogP contribution in [-0.4, -0.2) is 51.0 Å². The van der Waals surface area contributed by atoms with E-state index in [9.17, 15) is 14.4 Å². The van der Waals surface area contributed by atoms with Crippen molar-refractivity contribution in [2.45, 2.75) is 20.8 Å². The van der Waals surface area contributed by atoms with Crippen LogP contribution in [-0.2, 0) is 14.4 Å². The van der Waals surface area contributed by atoms with Crippen molar-refractivity contribution in [3.63, 3.8) is 0 Å². The molecule has 0 aliphatic carbocycles. The zero-order valence-corrected chi connectivity index (χ0v) is 18.5. The Hall–Kier alpha value is -3.39. The lowest BCUT2D eigenvalue weighted by molar-refractivity contribution is -0.881. The van der Waals surface area contributed by atoms with Crippen molar-refractivity contribution in [1.82, 2.24) is 5.32 Å². The number of benzene rings is 2. The van der Waals surface area contributed by atoms with Crippen LogP contribution in [0.25, 0.3) is 0 Å². The lowest BCUT2D eigenvalue weighted by Gasteiger charge is -2.17. The molecule has 1 unspecified atom stereocenters. The number of quaternary nitrogens is 1. The maximum absolute atomic E-state index is 12.3. The van der Waals surface area contributed by atoms with Crippen molar-refractivity contribution in [1.29, 1.82) is 0 Å². The van der Waals surface area contributed by atoms with E-state index in [2.05, 4.69) is 16.0 Å². The van der Waals surface area contributed by atoms with E-state index in [1.54, 1.807) is 31.4 Å². The van der Waals surface area contributed by atoms with E-state index in [0.717, 1.165) is 21.7 Å². The van der Waals surface area contributed by atoms with Crippen LogP contribution in [0, 0.1) is 13.8 Å². The second-order valence-electron chi connectivity index (χ2n) is 7.31. The number of ether oxygens (including phenoxy) is 1. The predicted octanol–water partition coefficient (Wildman–Crippen LogP) is 0.910. The van der Waals surface area contributed by atoms with E-state index in [1.165, 1.54) is 0 Å². The second-order valence-corrected chi connectivity index (χ2v) is 7.31. The smallest absolute Gasteiger partial charge is 0.279 e. The lowest BCUT2D eigenvalue weighted by Crippen LogP contribution is -3.14. The first-order chi connectivity index (χ1) is 14.8. The third kappa shape index (κ3) is 7.75. The standard InChI is InChI=1S/C23H30N4O4/c1-5-27(15-23(30)25-18-9-11-19(31-4)12-10-18)14-22(29)24-13-21(28)26-20-8-6-7-16(2)17(20)3/h6-12H,5,13-15H2,1-4H3,(H,24,29)(H,25,30)(H,26,28)/p+1. The number of methoxy groups -OCH3 is 1. The fraction of sp³-hybridized carbons (Fsp3) is 0.348. The van der Waals surface area contributed by atoms with Crippen LogP contribution in [0.15, 0.2) is 42.5 Å². The molecule has 0 saturated carbocycles. The highest BCUT2D eigenvalue weighted by Crippen LogP contribution is 2.17. The van der Waals surface area contributed by atoms with Crippen molar-refractivity contribution in [2.75, 3.05) is 43.9 Å². The zero-order valence-electron chi connectivity index (χ0n) is 18.5. The molecule has 8 heteroatoms. The van der Waals surface area contributed by atoms with Crippen molar-refractivity contribution < 1.29 is 24.0 Å². The van der Waals surface area contributed by atoms with E-state index < -0.39 is 0 Å². The fourth-order valence-corrected chi connectivity index (χ4v) is 2.97. The number of carbonyl (C=O) groups is 3. The van der Waals surface area contributed by atoms with Gasteiger partial charge in [-0.3, -0.25) is 14.4 Å². The van der Waals surface area contributed by atoms with E-state index in [1.807, 2.05) is 39.0 Å². The van der Waals surface area contributed by atoms with Crippen molar-refractivity contribution in [3.05, 3.63) is 53.6 Å². The van der Waals surface area contributed by atoms with Crippen molar-refractivity contribution in [2.24, 2.45) is 0 Å². The van der Waals surface area contributed by atoms with Gasteiger partial charge < -0.3 is 25.6 Å². The fourth-order valence-electron chi connectivity index (χ4n) is 2.97. The van der Waals surface area contributed by atoms with Gasteiger partial charge in [0.25, 0.3) is 11.8 Å². The average Bonchev–Trinajstić information content (AvgIpc) is 2.75. The molecule has 3 amide bonds. The molecule has 2 aromatic rings. The summed E-state index contributed by atoms with van der Waals surface area (Å²) < 4.78 is 5.09. The molecule has 2 aromatic carbocycles. The van der Waals surface area contributed by atoms with Crippen LogP contribution in [0.3, 0.4) is 0 Å². The number of aryl methyl sites for hydroxylation is 1. The van der Waals surface area contributed by atoms with Crippen LogP contribution >= 0.6 is 0 Å². The Bertz CT molecular complexity index is 912. The van der Waals surface area contributed by atoms with Gasteiger partial charge in [-0.05, 0) is 62.2 Å². The van der Waals surface area contributed by atoms with Crippen LogP contribution in [0.5, 0.6) is 5.75 Å². The minimum Gasteiger partial charge on any atom is -0.497 e. The Morgan fingerprint density at radius 2 is 1.58 bits per heavy atom. The minimum atomic E-state index is -0.294. The van der Waals surface area contributed by atoms with Gasteiger partial charge in [0.1, 0.15) is 5.75 Å². The summed E-state index contributed by atoms with van der Waals surface area (Å²) >= 11 is 0. The summed E-state index contributed by atoms with van der Waals surface area (Å²) in [5, 5.41) is 8.24. The van der Waals surface area contributed by atoms with Crippen LogP contribution in [0.4, 0.5) is 11.4 Å². The molecule has 1 atom stereocenters. The molecular weight excluding hydrogens is 396 g/mol. The molecular formula is C23H31N4O4+. The van der Waals surface area contributed by atoms with Gasteiger partial charge in [-0.1, -0.05) is 12.1 Å². The first-order valence-electron chi connectivity index (χ1n) is 10.2. The van der Waals surface area contributed by atoms with Crippen LogP contribution in [0.2, 0.25) is 0 Å². The number of carbonyl (C=O) groups excluding carboxylic acids is 3. The molecule has 0 heterocycles. The molecule has 166 valence electrons. The predicted molar refractivity (Wildman–Crippen MR) is 120 cm³/mol. The highest BCUT2D eigenvalue weighted by Gasteiger charge is 2.17. The van der Waals surface area contributed by atoms with Gasteiger partial charge in [-0.25, -0.2) is 0 Å². The highest BCUT2D eigenvalue weighted by atomic mass is 16.5. The Kier molecular flexibility index (Phi) is 9.02. The SMILES string of the molecule is CC[NH+](CC(=O)NCC(=O)Nc1cccc(C)c1C)CC(=O)Nc1ccc(OC)cc1. The van der Waals surface area contributed by atoms with E-state index in [0.29, 0.717) is 18.0 Å². The third-order valence-electron chi connectivity index (χ3n) is 5.02. The van der Waals surface area contributed by atoms with Gasteiger partial charge in [-0.15, -0.1) is 0 Å². The summed E-state index contributed by atoms with van der Waals surface area (Å²) in [6, 6.07) is 12.7. The van der Waals surface area contributed by atoms with Crippen molar-refractivity contribution in [3.8, 4) is 5.75 Å². The molecule has 0 bridgehead atoms. The summed E-state index contributed by atoms with van der Waals surface area (Å²) in [6.07, 6.45) is 0. The normalized spacial score (nSPS) is 11.4. The summed E-state index contributed by atoms with van der Waals surface area (Å²) in [5.41, 5.74) is 3.47. The number of amides is 3.